The van der Waals surface area contributed by atoms with Crippen LogP contribution in [0.5, 0.6) is 0 Å². The topological polar surface area (TPSA) is 12.0 Å². The van der Waals surface area contributed by atoms with Crippen molar-refractivity contribution in [2.24, 2.45) is 0 Å². The molecule has 0 amide bonds. The van der Waals surface area contributed by atoms with Crippen LogP contribution in [-0.4, -0.2) is 6.04 Å². The van der Waals surface area contributed by atoms with E-state index in [9.17, 15) is 4.39 Å². The maximum atomic E-state index is 13.7. The van der Waals surface area contributed by atoms with E-state index in [4.69, 9.17) is 0 Å². The van der Waals surface area contributed by atoms with E-state index in [1.807, 2.05) is 29.0 Å². The lowest BCUT2D eigenvalue weighted by Crippen LogP contribution is -2.15. The van der Waals surface area contributed by atoms with Gasteiger partial charge in [-0.1, -0.05) is 6.07 Å². The molecule has 1 nitrogen and oxygen atoms in total. The molecule has 0 bridgehead atoms. The molecule has 3 heteroatoms. The van der Waals surface area contributed by atoms with Crippen molar-refractivity contribution in [2.45, 2.75) is 25.4 Å². The molecular formula is C14H14FNS. The minimum atomic E-state index is -0.140. The molecular weight excluding hydrogens is 233 g/mol. The van der Waals surface area contributed by atoms with Gasteiger partial charge in [0, 0.05) is 18.2 Å². The Balaban J connectivity index is 1.83. The molecule has 88 valence electrons. The predicted octanol–water partition coefficient (Wildman–Crippen LogP) is 3.81. The molecule has 1 fully saturated rings. The number of rotatable bonds is 4. The van der Waals surface area contributed by atoms with Crippen LogP contribution in [0, 0.1) is 5.82 Å². The lowest BCUT2D eigenvalue weighted by Gasteiger charge is -2.06. The third-order valence-electron chi connectivity index (χ3n) is 3.04. The van der Waals surface area contributed by atoms with Crippen molar-refractivity contribution >= 4 is 11.3 Å². The zero-order valence-corrected chi connectivity index (χ0v) is 10.3. The summed E-state index contributed by atoms with van der Waals surface area (Å²) in [7, 11) is 0. The fourth-order valence-electron chi connectivity index (χ4n) is 1.87. The van der Waals surface area contributed by atoms with Gasteiger partial charge in [0.2, 0.25) is 0 Å². The van der Waals surface area contributed by atoms with E-state index < -0.39 is 0 Å². The molecule has 1 heterocycles. The van der Waals surface area contributed by atoms with Gasteiger partial charge in [0.15, 0.2) is 0 Å². The third-order valence-corrected chi connectivity index (χ3v) is 3.72. The summed E-state index contributed by atoms with van der Waals surface area (Å²) in [5, 5.41) is 7.40. The van der Waals surface area contributed by atoms with Crippen molar-refractivity contribution in [3.05, 3.63) is 46.4 Å². The highest BCUT2D eigenvalue weighted by molar-refractivity contribution is 7.08. The first kappa shape index (κ1) is 10.9. The van der Waals surface area contributed by atoms with Crippen LogP contribution in [0.1, 0.15) is 18.4 Å². The van der Waals surface area contributed by atoms with Crippen LogP contribution in [0.4, 0.5) is 4.39 Å². The van der Waals surface area contributed by atoms with Crippen molar-refractivity contribution in [1.82, 2.24) is 5.32 Å². The molecule has 1 aliphatic rings. The molecule has 0 atom stereocenters. The average molecular weight is 247 g/mol. The molecule has 0 unspecified atom stereocenters. The minimum absolute atomic E-state index is 0.140. The lowest BCUT2D eigenvalue weighted by atomic mass is 10.1. The van der Waals surface area contributed by atoms with Gasteiger partial charge in [0.1, 0.15) is 5.82 Å². The Labute approximate surface area is 104 Å². The van der Waals surface area contributed by atoms with Gasteiger partial charge in [-0.25, -0.2) is 4.39 Å². The van der Waals surface area contributed by atoms with E-state index in [0.717, 1.165) is 17.7 Å². The lowest BCUT2D eigenvalue weighted by molar-refractivity contribution is 0.628. The van der Waals surface area contributed by atoms with Crippen LogP contribution in [0.25, 0.3) is 11.1 Å². The van der Waals surface area contributed by atoms with E-state index in [1.54, 1.807) is 17.4 Å². The van der Waals surface area contributed by atoms with E-state index >= 15 is 0 Å². The van der Waals surface area contributed by atoms with Gasteiger partial charge < -0.3 is 5.32 Å². The van der Waals surface area contributed by atoms with E-state index in [-0.39, 0.29) is 5.82 Å². The number of nitrogens with one attached hydrogen (secondary N) is 1. The summed E-state index contributed by atoms with van der Waals surface area (Å²) in [6, 6.07) is 8.02. The summed E-state index contributed by atoms with van der Waals surface area (Å²) in [4.78, 5) is 0. The first-order valence-corrected chi connectivity index (χ1v) is 6.81. The van der Waals surface area contributed by atoms with Crippen LogP contribution in [0.15, 0.2) is 35.0 Å². The van der Waals surface area contributed by atoms with Crippen molar-refractivity contribution in [3.63, 3.8) is 0 Å². The van der Waals surface area contributed by atoms with E-state index in [1.165, 1.54) is 12.8 Å². The second kappa shape index (κ2) is 4.59. The molecule has 0 spiro atoms. The molecule has 0 aliphatic heterocycles. The largest absolute Gasteiger partial charge is 0.310 e. The fourth-order valence-corrected chi connectivity index (χ4v) is 2.53. The Morgan fingerprint density at radius 1 is 1.29 bits per heavy atom. The Morgan fingerprint density at radius 3 is 2.88 bits per heavy atom. The fraction of sp³-hybridized carbons (Fsp3) is 0.286. The molecule has 1 aromatic carbocycles. The molecule has 1 aliphatic carbocycles. The normalized spacial score (nSPS) is 15.1. The number of thiophene rings is 1. The highest BCUT2D eigenvalue weighted by Gasteiger charge is 2.20. The third kappa shape index (κ3) is 2.56. The number of hydrogen-bond donors (Lipinski definition) is 1. The summed E-state index contributed by atoms with van der Waals surface area (Å²) in [5.74, 6) is -0.140. The molecule has 1 saturated carbocycles. The molecule has 17 heavy (non-hydrogen) atoms. The number of halogens is 1. The highest BCUT2D eigenvalue weighted by atomic mass is 32.1. The standard InChI is InChI=1S/C14H14FNS/c15-14-4-1-10(8-16-12-2-3-12)7-13(14)11-5-6-17-9-11/h1,4-7,9,12,16H,2-3,8H2. The summed E-state index contributed by atoms with van der Waals surface area (Å²) in [5.41, 5.74) is 2.83. The first-order valence-electron chi connectivity index (χ1n) is 5.87. The van der Waals surface area contributed by atoms with Crippen LogP contribution in [-0.2, 0) is 6.54 Å². The van der Waals surface area contributed by atoms with Crippen molar-refractivity contribution in [2.75, 3.05) is 0 Å². The van der Waals surface area contributed by atoms with Crippen molar-refractivity contribution in [3.8, 4) is 11.1 Å². The van der Waals surface area contributed by atoms with Gasteiger partial charge in [-0.3, -0.25) is 0 Å². The van der Waals surface area contributed by atoms with E-state index in [2.05, 4.69) is 5.32 Å². The molecule has 0 saturated heterocycles. The van der Waals surface area contributed by atoms with Gasteiger partial charge in [-0.15, -0.1) is 0 Å². The van der Waals surface area contributed by atoms with Gasteiger partial charge in [0.05, 0.1) is 0 Å². The zero-order valence-electron chi connectivity index (χ0n) is 9.45. The maximum absolute atomic E-state index is 13.7. The smallest absolute Gasteiger partial charge is 0.131 e. The number of benzene rings is 1. The second-order valence-electron chi connectivity index (χ2n) is 4.48. The molecule has 1 aromatic heterocycles. The second-order valence-corrected chi connectivity index (χ2v) is 5.26. The maximum Gasteiger partial charge on any atom is 0.131 e. The molecule has 1 N–H and O–H groups in total. The molecule has 0 radical (unpaired) electrons. The van der Waals surface area contributed by atoms with Crippen LogP contribution >= 0.6 is 11.3 Å². The summed E-state index contributed by atoms with van der Waals surface area (Å²) < 4.78 is 13.7. The quantitative estimate of drug-likeness (QED) is 0.866. The zero-order chi connectivity index (χ0) is 11.7. The van der Waals surface area contributed by atoms with Gasteiger partial charge in [0.25, 0.3) is 0 Å². The van der Waals surface area contributed by atoms with Crippen molar-refractivity contribution in [1.29, 1.82) is 0 Å². The van der Waals surface area contributed by atoms with Crippen molar-refractivity contribution < 1.29 is 4.39 Å². The average Bonchev–Trinajstić information content (AvgIpc) is 3.01. The van der Waals surface area contributed by atoms with Gasteiger partial charge >= 0.3 is 0 Å². The predicted molar refractivity (Wildman–Crippen MR) is 69.6 cm³/mol. The van der Waals surface area contributed by atoms with Gasteiger partial charge in [-0.05, 0) is 52.9 Å². The van der Waals surface area contributed by atoms with E-state index in [0.29, 0.717) is 11.6 Å². The number of hydrogen-bond acceptors (Lipinski definition) is 2. The first-order chi connectivity index (χ1) is 8.33. The highest BCUT2D eigenvalue weighted by Crippen LogP contribution is 2.26. The van der Waals surface area contributed by atoms with Crippen LogP contribution in [0.3, 0.4) is 0 Å². The Bertz CT molecular complexity index is 503. The summed E-state index contributed by atoms with van der Waals surface area (Å²) in [6.45, 7) is 0.835. The van der Waals surface area contributed by atoms with Crippen LogP contribution in [0.2, 0.25) is 0 Å². The summed E-state index contributed by atoms with van der Waals surface area (Å²) >= 11 is 1.59. The molecule has 2 aromatic rings. The summed E-state index contributed by atoms with van der Waals surface area (Å²) in [6.07, 6.45) is 2.55. The Kier molecular flexibility index (Phi) is 2.95. The van der Waals surface area contributed by atoms with Gasteiger partial charge in [-0.2, -0.15) is 11.3 Å². The monoisotopic (exact) mass is 247 g/mol. The SMILES string of the molecule is Fc1ccc(CNC2CC2)cc1-c1ccsc1. The molecule has 3 rings (SSSR count). The minimum Gasteiger partial charge on any atom is -0.310 e. The Hall–Kier alpha value is -1.19. The Morgan fingerprint density at radius 2 is 2.18 bits per heavy atom. The van der Waals surface area contributed by atoms with Crippen LogP contribution < -0.4 is 5.32 Å².